The van der Waals surface area contributed by atoms with E-state index in [0.717, 1.165) is 20.4 Å². The molecule has 0 atom stereocenters. The largest absolute Gasteiger partial charge is 0.493 e. The molecule has 0 unspecified atom stereocenters. The van der Waals surface area contributed by atoms with Gasteiger partial charge in [0.05, 0.1) is 26.8 Å². The molecule has 1 amide bonds. The van der Waals surface area contributed by atoms with Gasteiger partial charge in [-0.1, -0.05) is 30.3 Å². The summed E-state index contributed by atoms with van der Waals surface area (Å²) in [5.74, 6) is -0.0790. The lowest BCUT2D eigenvalue weighted by Gasteiger charge is -2.14. The predicted octanol–water partition coefficient (Wildman–Crippen LogP) is 5.47. The Bertz CT molecular complexity index is 1290. The summed E-state index contributed by atoms with van der Waals surface area (Å²) in [7, 11) is 1.55. The molecule has 1 aliphatic rings. The summed E-state index contributed by atoms with van der Waals surface area (Å²) in [4.78, 5) is 28.4. The molecule has 0 saturated carbocycles. The van der Waals surface area contributed by atoms with Crippen LogP contribution in [0.2, 0.25) is 0 Å². The van der Waals surface area contributed by atoms with Crippen LogP contribution >= 0.6 is 34.4 Å². The molecule has 34 heavy (non-hydrogen) atoms. The normalized spacial score (nSPS) is 15.4. The maximum Gasteiger partial charge on any atom is 0.335 e. The molecular formula is C25H19IN2O5S. The van der Waals surface area contributed by atoms with Crippen molar-refractivity contribution in [1.29, 1.82) is 0 Å². The van der Waals surface area contributed by atoms with Gasteiger partial charge in [-0.2, -0.15) is 0 Å². The van der Waals surface area contributed by atoms with Crippen LogP contribution in [0.15, 0.2) is 76.6 Å². The number of carboxylic acids is 1. The van der Waals surface area contributed by atoms with E-state index in [4.69, 9.17) is 14.6 Å². The van der Waals surface area contributed by atoms with Crippen LogP contribution in [0.4, 0.5) is 5.69 Å². The van der Waals surface area contributed by atoms with Crippen LogP contribution in [-0.4, -0.2) is 29.3 Å². The summed E-state index contributed by atoms with van der Waals surface area (Å²) >= 11 is 3.44. The Morgan fingerprint density at radius 2 is 1.88 bits per heavy atom. The van der Waals surface area contributed by atoms with Crippen LogP contribution in [0.25, 0.3) is 6.08 Å². The summed E-state index contributed by atoms with van der Waals surface area (Å²) in [6, 6.07) is 19.6. The summed E-state index contributed by atoms with van der Waals surface area (Å²) in [6.07, 6.45) is 1.78. The van der Waals surface area contributed by atoms with Gasteiger partial charge in [0.1, 0.15) is 6.61 Å². The standard InChI is InChI=1S/C25H19IN2O5S/c1-32-20-12-16(13-21-23(29)28-25(34-21)27-18-5-3-2-4-6-18)11-19(26)22(20)33-14-15-7-9-17(10-8-15)24(30)31/h2-13H,14H2,1H3,(H,30,31)(H,27,28,29)/b21-13-. The Hall–Kier alpha value is -3.31. The van der Waals surface area contributed by atoms with Gasteiger partial charge in [0.25, 0.3) is 5.91 Å². The van der Waals surface area contributed by atoms with Gasteiger partial charge >= 0.3 is 5.97 Å². The van der Waals surface area contributed by atoms with E-state index >= 15 is 0 Å². The van der Waals surface area contributed by atoms with Gasteiger partial charge in [-0.15, -0.1) is 0 Å². The third-order valence-electron chi connectivity index (χ3n) is 4.77. The fourth-order valence-corrected chi connectivity index (χ4v) is 4.74. The van der Waals surface area contributed by atoms with E-state index in [1.54, 1.807) is 31.4 Å². The molecule has 0 spiro atoms. The van der Waals surface area contributed by atoms with Crippen molar-refractivity contribution >= 4 is 63.2 Å². The molecule has 7 nitrogen and oxygen atoms in total. The lowest BCUT2D eigenvalue weighted by Crippen LogP contribution is -2.19. The molecule has 0 radical (unpaired) electrons. The minimum absolute atomic E-state index is 0.209. The molecule has 0 bridgehead atoms. The van der Waals surface area contributed by atoms with Crippen molar-refractivity contribution in [2.24, 2.45) is 4.99 Å². The first-order valence-corrected chi connectivity index (χ1v) is 12.0. The Kier molecular flexibility index (Phi) is 7.53. The second-order valence-corrected chi connectivity index (χ2v) is 9.33. The number of carbonyl (C=O) groups excluding carboxylic acids is 1. The Morgan fingerprint density at radius 3 is 2.56 bits per heavy atom. The number of nitrogens with zero attached hydrogens (tertiary/aromatic N) is 1. The molecule has 3 aromatic carbocycles. The number of carboxylic acid groups (broad SMARTS) is 1. The van der Waals surface area contributed by atoms with Crippen molar-refractivity contribution in [3.05, 3.63) is 91.9 Å². The lowest BCUT2D eigenvalue weighted by molar-refractivity contribution is -0.115. The van der Waals surface area contributed by atoms with Crippen LogP contribution < -0.4 is 14.8 Å². The number of hydrogen-bond acceptors (Lipinski definition) is 6. The van der Waals surface area contributed by atoms with Gasteiger partial charge in [-0.05, 0) is 88.0 Å². The quantitative estimate of drug-likeness (QED) is 0.282. The van der Waals surface area contributed by atoms with Crippen LogP contribution in [0, 0.1) is 3.57 Å². The summed E-state index contributed by atoms with van der Waals surface area (Å²) in [5, 5.41) is 12.3. The second-order valence-electron chi connectivity index (χ2n) is 7.14. The number of halogens is 1. The number of ether oxygens (including phenoxy) is 2. The maximum absolute atomic E-state index is 12.4. The lowest BCUT2D eigenvalue weighted by atomic mass is 10.1. The molecule has 1 saturated heterocycles. The third-order valence-corrected chi connectivity index (χ3v) is 6.48. The minimum atomic E-state index is -0.971. The molecule has 1 aliphatic heterocycles. The molecule has 1 fully saturated rings. The number of methoxy groups -OCH3 is 1. The van der Waals surface area contributed by atoms with E-state index in [0.29, 0.717) is 21.6 Å². The van der Waals surface area contributed by atoms with Crippen LogP contribution in [0.1, 0.15) is 21.5 Å². The van der Waals surface area contributed by atoms with E-state index in [1.165, 1.54) is 23.9 Å². The zero-order chi connectivity index (χ0) is 24.1. The molecule has 3 aromatic rings. The number of aliphatic imine (C=N–C) groups is 1. The average molecular weight is 586 g/mol. The molecular weight excluding hydrogens is 567 g/mol. The second kappa shape index (κ2) is 10.7. The number of aromatic carboxylic acids is 1. The van der Waals surface area contributed by atoms with Crippen molar-refractivity contribution in [2.45, 2.75) is 6.61 Å². The molecule has 172 valence electrons. The summed E-state index contributed by atoms with van der Waals surface area (Å²) in [6.45, 7) is 0.254. The van der Waals surface area contributed by atoms with Gasteiger partial charge in [-0.25, -0.2) is 9.79 Å². The van der Waals surface area contributed by atoms with Crippen LogP contribution in [0.3, 0.4) is 0 Å². The predicted molar refractivity (Wildman–Crippen MR) is 141 cm³/mol. The molecule has 0 aromatic heterocycles. The van der Waals surface area contributed by atoms with E-state index in [1.807, 2.05) is 36.4 Å². The number of carbonyl (C=O) groups is 2. The number of benzene rings is 3. The topological polar surface area (TPSA) is 97.2 Å². The Morgan fingerprint density at radius 1 is 1.15 bits per heavy atom. The van der Waals surface area contributed by atoms with Gasteiger partial charge in [-0.3, -0.25) is 4.79 Å². The van der Waals surface area contributed by atoms with Gasteiger partial charge in [0.15, 0.2) is 16.7 Å². The number of nitrogens with one attached hydrogen (secondary N) is 1. The SMILES string of the molecule is COc1cc(/C=C2\SC(=Nc3ccccc3)NC2=O)cc(I)c1OCc1ccc(C(=O)O)cc1. The van der Waals surface area contributed by atoms with E-state index in [9.17, 15) is 9.59 Å². The zero-order valence-electron chi connectivity index (χ0n) is 17.9. The molecule has 9 heteroatoms. The van der Waals surface area contributed by atoms with Crippen molar-refractivity contribution in [2.75, 3.05) is 7.11 Å². The van der Waals surface area contributed by atoms with Crippen LogP contribution in [0.5, 0.6) is 11.5 Å². The molecule has 1 heterocycles. The Balaban J connectivity index is 1.51. The van der Waals surface area contributed by atoms with Gasteiger partial charge < -0.3 is 19.9 Å². The monoisotopic (exact) mass is 586 g/mol. The van der Waals surface area contributed by atoms with Crippen molar-refractivity contribution < 1.29 is 24.2 Å². The van der Waals surface area contributed by atoms with E-state index in [2.05, 4.69) is 32.9 Å². The minimum Gasteiger partial charge on any atom is -0.493 e. The van der Waals surface area contributed by atoms with Gasteiger partial charge in [0, 0.05) is 0 Å². The number of hydrogen-bond donors (Lipinski definition) is 2. The maximum atomic E-state index is 12.4. The average Bonchev–Trinajstić information content (AvgIpc) is 3.17. The summed E-state index contributed by atoms with van der Waals surface area (Å²) < 4.78 is 12.3. The highest BCUT2D eigenvalue weighted by Crippen LogP contribution is 2.36. The number of amides is 1. The van der Waals surface area contributed by atoms with E-state index in [-0.39, 0.29) is 18.1 Å². The van der Waals surface area contributed by atoms with Crippen molar-refractivity contribution in [3.8, 4) is 11.5 Å². The fourth-order valence-electron chi connectivity index (χ4n) is 3.11. The smallest absolute Gasteiger partial charge is 0.335 e. The number of amidine groups is 1. The Labute approximate surface area is 214 Å². The number of para-hydroxylation sites is 1. The first kappa shape index (κ1) is 23.8. The van der Waals surface area contributed by atoms with Crippen molar-refractivity contribution in [1.82, 2.24) is 5.32 Å². The molecule has 0 aliphatic carbocycles. The number of thioether (sulfide) groups is 1. The first-order valence-electron chi connectivity index (χ1n) is 10.1. The highest BCUT2D eigenvalue weighted by Gasteiger charge is 2.24. The zero-order valence-corrected chi connectivity index (χ0v) is 20.9. The third kappa shape index (κ3) is 5.78. The van der Waals surface area contributed by atoms with Crippen molar-refractivity contribution in [3.63, 3.8) is 0 Å². The fraction of sp³-hybridized carbons (Fsp3) is 0.0800. The van der Waals surface area contributed by atoms with Crippen LogP contribution in [-0.2, 0) is 11.4 Å². The molecule has 4 rings (SSSR count). The number of rotatable bonds is 7. The van der Waals surface area contributed by atoms with Gasteiger partial charge in [0.2, 0.25) is 0 Å². The first-order chi connectivity index (χ1) is 16.4. The highest BCUT2D eigenvalue weighted by molar-refractivity contribution is 14.1. The highest BCUT2D eigenvalue weighted by atomic mass is 127. The van der Waals surface area contributed by atoms with E-state index < -0.39 is 5.97 Å². The molecule has 2 N–H and O–H groups in total. The summed E-state index contributed by atoms with van der Waals surface area (Å²) in [5.41, 5.74) is 2.61.